The van der Waals surface area contributed by atoms with Crippen LogP contribution in [-0.2, 0) is 21.4 Å². The number of imidazole rings is 1. The van der Waals surface area contributed by atoms with Crippen molar-refractivity contribution in [3.63, 3.8) is 0 Å². The van der Waals surface area contributed by atoms with Gasteiger partial charge in [0.2, 0.25) is 15.9 Å². The molecule has 1 aliphatic heterocycles. The van der Waals surface area contributed by atoms with E-state index in [1.807, 2.05) is 67.9 Å². The third-order valence-corrected chi connectivity index (χ3v) is 8.54. The molecule has 0 atom stereocenters. The molecule has 0 radical (unpaired) electrons. The number of ether oxygens (including phenoxy) is 1. The fourth-order valence-corrected chi connectivity index (χ4v) is 6.55. The molecule has 0 saturated carbocycles. The number of hydrogen-bond acceptors (Lipinski definition) is 5. The van der Waals surface area contributed by atoms with Crippen LogP contribution in [0.5, 0.6) is 5.75 Å². The van der Waals surface area contributed by atoms with E-state index in [9.17, 15) is 13.2 Å². The van der Waals surface area contributed by atoms with E-state index in [-0.39, 0.29) is 11.8 Å². The van der Waals surface area contributed by atoms with Gasteiger partial charge in [0.1, 0.15) is 12.4 Å². The van der Waals surface area contributed by atoms with Crippen LogP contribution in [0.2, 0.25) is 0 Å². The lowest BCUT2D eigenvalue weighted by Crippen LogP contribution is -2.41. The number of nitrogens with zero attached hydrogens (tertiary/aromatic N) is 3. The van der Waals surface area contributed by atoms with E-state index < -0.39 is 10.0 Å². The van der Waals surface area contributed by atoms with Gasteiger partial charge in [0.25, 0.3) is 0 Å². The van der Waals surface area contributed by atoms with Gasteiger partial charge in [-0.05, 0) is 56.9 Å². The highest BCUT2D eigenvalue weighted by molar-refractivity contribution is 7.89. The number of hydrogen-bond donors (Lipinski definition) is 1. The maximum Gasteiger partial charge on any atom is 0.243 e. The second-order valence-electron chi connectivity index (χ2n) is 9.04. The van der Waals surface area contributed by atoms with Gasteiger partial charge in [-0.3, -0.25) is 4.79 Å². The van der Waals surface area contributed by atoms with Gasteiger partial charge in [0.05, 0.1) is 23.5 Å². The Labute approximate surface area is 207 Å². The summed E-state index contributed by atoms with van der Waals surface area (Å²) in [5.74, 6) is 0.224. The summed E-state index contributed by atoms with van der Waals surface area (Å²) < 4.78 is 36.0. The number of aryl methyl sites for hydroxylation is 3. The predicted octanol–water partition coefficient (Wildman–Crippen LogP) is 3.93. The molecule has 1 amide bonds. The predicted molar refractivity (Wildman–Crippen MR) is 135 cm³/mol. The van der Waals surface area contributed by atoms with E-state index in [0.717, 1.165) is 16.7 Å². The summed E-state index contributed by atoms with van der Waals surface area (Å²) in [7, 11) is -3.61. The van der Waals surface area contributed by atoms with Crippen molar-refractivity contribution in [2.75, 3.05) is 25.0 Å². The van der Waals surface area contributed by atoms with Crippen LogP contribution in [0.1, 0.15) is 29.5 Å². The molecule has 0 unspecified atom stereocenters. The Balaban J connectivity index is 1.36. The van der Waals surface area contributed by atoms with Crippen LogP contribution in [0, 0.1) is 26.7 Å². The minimum atomic E-state index is -3.61. The van der Waals surface area contributed by atoms with Crippen molar-refractivity contribution in [3.05, 3.63) is 71.8 Å². The molecule has 0 bridgehead atoms. The van der Waals surface area contributed by atoms with Crippen LogP contribution in [0.4, 0.5) is 5.69 Å². The van der Waals surface area contributed by atoms with E-state index in [0.29, 0.717) is 55.4 Å². The summed E-state index contributed by atoms with van der Waals surface area (Å²) in [5.41, 5.74) is 3.17. The lowest BCUT2D eigenvalue weighted by molar-refractivity contribution is -0.120. The van der Waals surface area contributed by atoms with Crippen LogP contribution >= 0.6 is 0 Å². The fraction of sp³-hybridized carbons (Fsp3) is 0.385. The number of anilines is 1. The molecular weight excluding hydrogens is 464 g/mol. The number of amides is 1. The first-order valence-electron chi connectivity index (χ1n) is 11.8. The molecule has 1 fully saturated rings. The molecule has 186 valence electrons. The Bertz CT molecular complexity index is 1260. The highest BCUT2D eigenvalue weighted by atomic mass is 32.2. The first-order valence-corrected chi connectivity index (χ1v) is 13.3. The number of sulfonamides is 1. The molecule has 1 aromatic heterocycles. The minimum absolute atomic E-state index is 0.115. The van der Waals surface area contributed by atoms with Crippen LogP contribution < -0.4 is 10.1 Å². The van der Waals surface area contributed by atoms with Crippen LogP contribution in [0.25, 0.3) is 0 Å². The summed E-state index contributed by atoms with van der Waals surface area (Å²) in [6.07, 6.45) is 6.25. The molecular formula is C26H32N4O4S. The van der Waals surface area contributed by atoms with Gasteiger partial charge in [-0.2, -0.15) is 4.31 Å². The highest BCUT2D eigenvalue weighted by Crippen LogP contribution is 2.30. The Morgan fingerprint density at radius 3 is 2.46 bits per heavy atom. The van der Waals surface area contributed by atoms with Crippen molar-refractivity contribution in [3.8, 4) is 5.75 Å². The molecule has 1 N–H and O–H groups in total. The van der Waals surface area contributed by atoms with E-state index in [4.69, 9.17) is 4.74 Å². The van der Waals surface area contributed by atoms with Gasteiger partial charge in [0.15, 0.2) is 0 Å². The second kappa shape index (κ2) is 10.6. The minimum Gasteiger partial charge on any atom is -0.490 e. The van der Waals surface area contributed by atoms with Crippen molar-refractivity contribution in [2.45, 2.75) is 45.1 Å². The van der Waals surface area contributed by atoms with E-state index in [1.165, 1.54) is 4.31 Å². The highest BCUT2D eigenvalue weighted by Gasteiger charge is 2.34. The fourth-order valence-electron chi connectivity index (χ4n) is 4.67. The molecule has 35 heavy (non-hydrogen) atoms. The van der Waals surface area contributed by atoms with Gasteiger partial charge in [-0.15, -0.1) is 0 Å². The maximum atomic E-state index is 13.3. The molecule has 1 saturated heterocycles. The summed E-state index contributed by atoms with van der Waals surface area (Å²) in [6, 6.07) is 11.1. The third kappa shape index (κ3) is 5.74. The Morgan fingerprint density at radius 2 is 1.80 bits per heavy atom. The maximum absolute atomic E-state index is 13.3. The molecule has 2 heterocycles. The summed E-state index contributed by atoms with van der Waals surface area (Å²) in [5, 5.41) is 2.98. The van der Waals surface area contributed by atoms with Crippen molar-refractivity contribution in [1.82, 2.24) is 13.9 Å². The number of rotatable bonds is 8. The zero-order chi connectivity index (χ0) is 25.0. The lowest BCUT2D eigenvalue weighted by Gasteiger charge is -2.31. The van der Waals surface area contributed by atoms with Crippen molar-refractivity contribution < 1.29 is 17.9 Å². The van der Waals surface area contributed by atoms with Crippen LogP contribution in [0.3, 0.4) is 0 Å². The Kier molecular flexibility index (Phi) is 7.57. The third-order valence-electron chi connectivity index (χ3n) is 6.34. The van der Waals surface area contributed by atoms with E-state index in [1.54, 1.807) is 12.5 Å². The smallest absolute Gasteiger partial charge is 0.243 e. The van der Waals surface area contributed by atoms with Crippen LogP contribution in [-0.4, -0.2) is 47.9 Å². The number of carbonyl (C=O) groups excluding carboxylic acids is 1. The number of para-hydroxylation sites is 2. The number of nitrogens with one attached hydrogen (secondary N) is 1. The second-order valence-corrected chi connectivity index (χ2v) is 10.9. The average Bonchev–Trinajstić information content (AvgIpc) is 3.33. The summed E-state index contributed by atoms with van der Waals surface area (Å²) >= 11 is 0. The normalized spacial score (nSPS) is 15.2. The lowest BCUT2D eigenvalue weighted by atomic mass is 9.97. The Morgan fingerprint density at radius 1 is 1.11 bits per heavy atom. The molecule has 0 aliphatic carbocycles. The number of aromatic nitrogens is 2. The average molecular weight is 497 g/mol. The van der Waals surface area contributed by atoms with Crippen molar-refractivity contribution in [1.29, 1.82) is 0 Å². The molecule has 0 spiro atoms. The molecule has 3 aromatic rings. The Hall–Kier alpha value is -3.17. The van der Waals surface area contributed by atoms with Crippen molar-refractivity contribution in [2.24, 2.45) is 5.92 Å². The summed E-state index contributed by atoms with van der Waals surface area (Å²) in [4.78, 5) is 17.4. The first kappa shape index (κ1) is 24.9. The van der Waals surface area contributed by atoms with E-state index >= 15 is 0 Å². The SMILES string of the molecule is Cc1cc(C)c(S(=O)(=O)N2CCC(C(=O)Nc3ccccc3OCCn3ccnc3)CC2)c(C)c1. The van der Waals surface area contributed by atoms with Crippen LogP contribution in [0.15, 0.2) is 60.0 Å². The van der Waals surface area contributed by atoms with Gasteiger partial charge in [-0.1, -0.05) is 29.8 Å². The van der Waals surface area contributed by atoms with Gasteiger partial charge in [-0.25, -0.2) is 13.4 Å². The van der Waals surface area contributed by atoms with Gasteiger partial charge in [0, 0.05) is 31.4 Å². The number of piperidine rings is 1. The number of benzene rings is 2. The first-order chi connectivity index (χ1) is 16.8. The molecule has 8 nitrogen and oxygen atoms in total. The molecule has 2 aromatic carbocycles. The zero-order valence-electron chi connectivity index (χ0n) is 20.4. The quantitative estimate of drug-likeness (QED) is 0.510. The molecule has 4 rings (SSSR count). The van der Waals surface area contributed by atoms with Gasteiger partial charge >= 0.3 is 0 Å². The largest absolute Gasteiger partial charge is 0.490 e. The van der Waals surface area contributed by atoms with Gasteiger partial charge < -0.3 is 14.6 Å². The van der Waals surface area contributed by atoms with Crippen molar-refractivity contribution >= 4 is 21.6 Å². The summed E-state index contributed by atoms with van der Waals surface area (Å²) in [6.45, 7) is 7.35. The topological polar surface area (TPSA) is 93.5 Å². The zero-order valence-corrected chi connectivity index (χ0v) is 21.2. The standard InChI is InChI=1S/C26H32N4O4S/c1-19-16-20(2)25(21(3)17-19)35(32,33)30-11-8-22(9-12-30)26(31)28-23-6-4-5-7-24(23)34-15-14-29-13-10-27-18-29/h4-7,10,13,16-18,22H,8-9,11-12,14-15H2,1-3H3,(H,28,31). The molecule has 9 heteroatoms. The number of carbonyl (C=O) groups is 1. The monoisotopic (exact) mass is 496 g/mol. The van der Waals surface area contributed by atoms with E-state index in [2.05, 4.69) is 10.3 Å². The molecule has 1 aliphatic rings.